The number of rotatable bonds is 22. The van der Waals surface area contributed by atoms with E-state index in [0.29, 0.717) is 49.4 Å². The molecule has 8 N–H and O–H groups in total. The summed E-state index contributed by atoms with van der Waals surface area (Å²) in [6.45, 7) is 6.34. The van der Waals surface area contributed by atoms with E-state index in [0.717, 1.165) is 126 Å². The molecule has 18 nitrogen and oxygen atoms in total. The molecule has 2 aromatic carbocycles. The van der Waals surface area contributed by atoms with E-state index < -0.39 is 24.1 Å². The maximum absolute atomic E-state index is 11.8. The first-order valence-corrected chi connectivity index (χ1v) is 23.7. The zero-order chi connectivity index (χ0) is 46.7. The van der Waals surface area contributed by atoms with Crippen LogP contribution in [-0.2, 0) is 9.59 Å². The predicted octanol–water partition coefficient (Wildman–Crippen LogP) is 3.99. The number of aliphatic carboxylic acids is 2. The SMILES string of the molecule is O=C(O)/C=C/C(=O)O.O=C1NCCN1C1CCC(NCC(O)COc2ccc(OCC3CC3)cc2)CC1.O=C1NCCN1C1CCC(NCC(O)COc2ccc(OCC3CC3)cc2)CC1. The first-order valence-electron chi connectivity index (χ1n) is 23.7. The number of nitrogens with zero attached hydrogens (tertiary/aromatic N) is 2. The highest BCUT2D eigenvalue weighted by Gasteiger charge is 2.33. The van der Waals surface area contributed by atoms with Crippen molar-refractivity contribution in [2.75, 3.05) is 65.7 Å². The first-order chi connectivity index (χ1) is 32.0. The Morgan fingerprint density at radius 2 is 0.894 bits per heavy atom. The van der Waals surface area contributed by atoms with Crippen molar-refractivity contribution in [1.29, 1.82) is 0 Å². The van der Waals surface area contributed by atoms with E-state index in [9.17, 15) is 29.4 Å². The van der Waals surface area contributed by atoms with Crippen LogP contribution in [0.1, 0.15) is 77.0 Å². The van der Waals surface area contributed by atoms with Gasteiger partial charge in [0.15, 0.2) is 0 Å². The third kappa shape index (κ3) is 18.2. The summed E-state index contributed by atoms with van der Waals surface area (Å²) in [5.41, 5.74) is 0. The van der Waals surface area contributed by atoms with Gasteiger partial charge in [0.25, 0.3) is 0 Å². The van der Waals surface area contributed by atoms with Crippen molar-refractivity contribution in [3.63, 3.8) is 0 Å². The highest BCUT2D eigenvalue weighted by molar-refractivity contribution is 5.89. The van der Waals surface area contributed by atoms with E-state index in [-0.39, 0.29) is 25.3 Å². The second-order valence-corrected chi connectivity index (χ2v) is 18.1. The maximum atomic E-state index is 11.8. The summed E-state index contributed by atoms with van der Waals surface area (Å²) in [5.74, 6) is 2.19. The van der Waals surface area contributed by atoms with E-state index in [2.05, 4.69) is 21.3 Å². The predicted molar refractivity (Wildman–Crippen MR) is 245 cm³/mol. The summed E-state index contributed by atoms with van der Waals surface area (Å²) in [6, 6.07) is 16.9. The molecule has 0 bridgehead atoms. The minimum absolute atomic E-state index is 0.0801. The van der Waals surface area contributed by atoms with Crippen LogP contribution in [0.25, 0.3) is 0 Å². The van der Waals surface area contributed by atoms with Crippen LogP contribution in [0.2, 0.25) is 0 Å². The van der Waals surface area contributed by atoms with E-state index in [1.54, 1.807) is 0 Å². The fourth-order valence-corrected chi connectivity index (χ4v) is 8.36. The molecule has 2 atom stereocenters. The number of aliphatic hydroxyl groups is 2. The van der Waals surface area contributed by atoms with Gasteiger partial charge in [-0.05, 0) is 137 Å². The third-order valence-electron chi connectivity index (χ3n) is 12.6. The molecule has 2 heterocycles. The van der Waals surface area contributed by atoms with Gasteiger partial charge in [-0.25, -0.2) is 19.2 Å². The molecule has 4 aliphatic carbocycles. The van der Waals surface area contributed by atoms with Crippen LogP contribution in [0.5, 0.6) is 23.0 Å². The molecular weight excluding hydrogens is 853 g/mol. The molecule has 8 rings (SSSR count). The Kier molecular flexibility index (Phi) is 19.9. The number of benzene rings is 2. The van der Waals surface area contributed by atoms with Crippen molar-refractivity contribution in [3.05, 3.63) is 60.7 Å². The topological polar surface area (TPSA) is 241 Å². The minimum atomic E-state index is -1.26. The van der Waals surface area contributed by atoms with Gasteiger partial charge in [0, 0.05) is 75.6 Å². The molecule has 0 spiro atoms. The van der Waals surface area contributed by atoms with Crippen molar-refractivity contribution in [2.45, 2.75) is 113 Å². The average Bonchev–Trinajstić information content (AvgIpc) is 4.26. The summed E-state index contributed by atoms with van der Waals surface area (Å²) >= 11 is 0. The van der Waals surface area contributed by atoms with Crippen LogP contribution in [0.3, 0.4) is 0 Å². The van der Waals surface area contributed by atoms with Crippen molar-refractivity contribution < 1.29 is 58.6 Å². The van der Waals surface area contributed by atoms with Crippen LogP contribution in [0.4, 0.5) is 9.59 Å². The number of hydrogen-bond acceptors (Lipinski definition) is 12. The molecule has 4 saturated carbocycles. The van der Waals surface area contributed by atoms with Crippen molar-refractivity contribution in [2.24, 2.45) is 11.8 Å². The number of urea groups is 2. The highest BCUT2D eigenvalue weighted by atomic mass is 16.5. The van der Waals surface area contributed by atoms with Crippen LogP contribution in [0.15, 0.2) is 60.7 Å². The molecule has 2 unspecified atom stereocenters. The summed E-state index contributed by atoms with van der Waals surface area (Å²) < 4.78 is 22.8. The second kappa shape index (κ2) is 26.1. The zero-order valence-electron chi connectivity index (χ0n) is 37.9. The van der Waals surface area contributed by atoms with Gasteiger partial charge < -0.3 is 70.4 Å². The zero-order valence-corrected chi connectivity index (χ0v) is 37.9. The molecule has 6 fully saturated rings. The molecule has 0 radical (unpaired) electrons. The van der Waals surface area contributed by atoms with Crippen molar-refractivity contribution in [1.82, 2.24) is 31.1 Å². The maximum Gasteiger partial charge on any atom is 0.328 e. The largest absolute Gasteiger partial charge is 0.493 e. The number of aliphatic hydroxyl groups excluding tert-OH is 2. The van der Waals surface area contributed by atoms with Crippen LogP contribution in [-0.4, -0.2) is 156 Å². The Hall–Kier alpha value is -5.30. The summed E-state index contributed by atoms with van der Waals surface area (Å²) in [7, 11) is 0. The third-order valence-corrected chi connectivity index (χ3v) is 12.6. The summed E-state index contributed by atoms with van der Waals surface area (Å²) in [6.07, 6.45) is 13.3. The first kappa shape index (κ1) is 50.1. The van der Waals surface area contributed by atoms with Gasteiger partial charge >= 0.3 is 24.0 Å². The molecule has 18 heteroatoms. The number of hydrogen-bond donors (Lipinski definition) is 8. The lowest BCUT2D eigenvalue weighted by atomic mass is 9.90. The Bertz CT molecular complexity index is 1700. The molecule has 4 amide bonds. The van der Waals surface area contributed by atoms with Crippen molar-refractivity contribution >= 4 is 24.0 Å². The Morgan fingerprint density at radius 1 is 0.561 bits per heavy atom. The van der Waals surface area contributed by atoms with E-state index in [4.69, 9.17) is 29.2 Å². The van der Waals surface area contributed by atoms with Crippen LogP contribution < -0.4 is 40.2 Å². The molecule has 364 valence electrons. The fourth-order valence-electron chi connectivity index (χ4n) is 8.36. The molecule has 6 aliphatic rings. The lowest BCUT2D eigenvalue weighted by Crippen LogP contribution is -2.45. The van der Waals surface area contributed by atoms with Gasteiger partial charge in [0.1, 0.15) is 48.4 Å². The lowest BCUT2D eigenvalue weighted by Gasteiger charge is -2.34. The highest BCUT2D eigenvalue weighted by Crippen LogP contribution is 2.31. The number of carboxylic acid groups (broad SMARTS) is 2. The molecule has 0 aromatic heterocycles. The Labute approximate surface area is 387 Å². The average molecular weight is 923 g/mol. The normalized spacial score (nSPS) is 23.6. The van der Waals surface area contributed by atoms with Gasteiger partial charge in [-0.3, -0.25) is 0 Å². The number of carbonyl (C=O) groups excluding carboxylic acids is 2. The lowest BCUT2D eigenvalue weighted by molar-refractivity contribution is -0.134. The number of amides is 4. The summed E-state index contributed by atoms with van der Waals surface area (Å²) in [4.78, 5) is 46.6. The number of carboxylic acids is 2. The van der Waals surface area contributed by atoms with Gasteiger partial charge in [-0.15, -0.1) is 0 Å². The number of nitrogens with one attached hydrogen (secondary N) is 4. The van der Waals surface area contributed by atoms with Gasteiger partial charge in [0.05, 0.1) is 13.2 Å². The molecule has 2 aromatic rings. The van der Waals surface area contributed by atoms with Gasteiger partial charge in [-0.1, -0.05) is 0 Å². The monoisotopic (exact) mass is 923 g/mol. The molecule has 66 heavy (non-hydrogen) atoms. The quantitative estimate of drug-likeness (QED) is 0.0780. The van der Waals surface area contributed by atoms with Crippen LogP contribution >= 0.6 is 0 Å². The Morgan fingerprint density at radius 3 is 1.18 bits per heavy atom. The Balaban J connectivity index is 0.000000188. The molecule has 2 aliphatic heterocycles. The number of ether oxygens (including phenoxy) is 4. The minimum Gasteiger partial charge on any atom is -0.493 e. The second-order valence-electron chi connectivity index (χ2n) is 18.1. The van der Waals surface area contributed by atoms with Gasteiger partial charge in [0.2, 0.25) is 0 Å². The van der Waals surface area contributed by atoms with Gasteiger partial charge in [-0.2, -0.15) is 0 Å². The summed E-state index contributed by atoms with van der Waals surface area (Å²) in [5, 5.41) is 48.8. The number of carbonyl (C=O) groups is 4. The smallest absolute Gasteiger partial charge is 0.328 e. The van der Waals surface area contributed by atoms with Crippen LogP contribution in [0, 0.1) is 11.8 Å². The van der Waals surface area contributed by atoms with E-state index >= 15 is 0 Å². The molecule has 2 saturated heterocycles. The fraction of sp³-hybridized carbons (Fsp3) is 0.625. The van der Waals surface area contributed by atoms with E-state index in [1.165, 1.54) is 25.7 Å². The standard InChI is InChI=1S/2C22H33N3O4.C4H4O4/c2*26-19(15-29-21-9-7-20(8-10-21)28-14-16-1-2-16)13-24-17-3-5-18(6-4-17)25-12-11-23-22(25)27;5-3(6)1-2-4(7)8/h2*7-10,16-19,24,26H,1-6,11-15H2,(H,23,27);1-2H,(H,5,6)(H,7,8)/b;;2-1+. The van der Waals surface area contributed by atoms with E-state index in [1.807, 2.05) is 58.3 Å². The molecular formula is C48H70N6O12. The van der Waals surface area contributed by atoms with Crippen molar-refractivity contribution in [3.8, 4) is 23.0 Å².